The van der Waals surface area contributed by atoms with E-state index in [1.54, 1.807) is 6.20 Å². The Labute approximate surface area is 144 Å². The minimum absolute atomic E-state index is 0.160. The quantitative estimate of drug-likeness (QED) is 0.826. The molecule has 1 aromatic heterocycles. The van der Waals surface area contributed by atoms with Crippen LogP contribution in [0.3, 0.4) is 0 Å². The maximum absolute atomic E-state index is 13.1. The molecule has 1 atom stereocenters. The van der Waals surface area contributed by atoms with Crippen LogP contribution in [0, 0.1) is 6.92 Å². The van der Waals surface area contributed by atoms with Crippen molar-refractivity contribution in [2.45, 2.75) is 52.1 Å². The van der Waals surface area contributed by atoms with Crippen molar-refractivity contribution in [1.82, 2.24) is 19.6 Å². The molecule has 134 valence electrons. The highest BCUT2D eigenvalue weighted by Crippen LogP contribution is 2.22. The number of carbonyl (C=O) groups excluding carboxylic acids is 1. The Kier molecular flexibility index (Phi) is 5.89. The highest BCUT2D eigenvalue weighted by molar-refractivity contribution is 5.95. The van der Waals surface area contributed by atoms with Gasteiger partial charge >= 0.3 is 0 Å². The molecule has 0 N–H and O–H groups in total. The number of hydrogen-bond acceptors (Lipinski definition) is 4. The van der Waals surface area contributed by atoms with Gasteiger partial charge in [-0.3, -0.25) is 14.4 Å². The molecule has 2 aliphatic rings. The number of nitrogens with zero attached hydrogens (tertiary/aromatic N) is 4. The molecule has 1 unspecified atom stereocenters. The Hall–Kier alpha value is -1.40. The van der Waals surface area contributed by atoms with Crippen LogP contribution in [0.2, 0.25) is 0 Å². The predicted octanol–water partition coefficient (Wildman–Crippen LogP) is 1.93. The van der Waals surface area contributed by atoms with Crippen LogP contribution in [0.1, 0.15) is 48.7 Å². The van der Waals surface area contributed by atoms with E-state index in [1.165, 1.54) is 6.42 Å². The second kappa shape index (κ2) is 8.12. The van der Waals surface area contributed by atoms with Crippen molar-refractivity contribution < 1.29 is 9.53 Å². The molecular formula is C18H30N4O2. The van der Waals surface area contributed by atoms with E-state index >= 15 is 0 Å². The van der Waals surface area contributed by atoms with Crippen LogP contribution in [0.15, 0.2) is 6.20 Å². The number of piperidine rings is 1. The first kappa shape index (κ1) is 17.4. The molecule has 2 saturated heterocycles. The zero-order valence-electron chi connectivity index (χ0n) is 15.0. The van der Waals surface area contributed by atoms with Crippen molar-refractivity contribution in [3.05, 3.63) is 17.5 Å². The number of rotatable bonds is 5. The second-order valence-electron chi connectivity index (χ2n) is 6.93. The summed E-state index contributed by atoms with van der Waals surface area (Å²) in [5.41, 5.74) is 1.77. The molecule has 3 heterocycles. The number of hydrogen-bond donors (Lipinski definition) is 0. The minimum Gasteiger partial charge on any atom is -0.379 e. The largest absolute Gasteiger partial charge is 0.379 e. The molecule has 6 heteroatoms. The van der Waals surface area contributed by atoms with Crippen LogP contribution >= 0.6 is 0 Å². The zero-order valence-corrected chi connectivity index (χ0v) is 15.0. The standard InChI is InChI=1S/C18H30N4O2/c1-3-7-22-15(2)17(13-19-22)18(23)21-8-5-4-6-16(21)14-20-9-11-24-12-10-20/h13,16H,3-12,14H2,1-2H3. The summed E-state index contributed by atoms with van der Waals surface area (Å²) in [5.74, 6) is 0.160. The van der Waals surface area contributed by atoms with Gasteiger partial charge in [-0.1, -0.05) is 6.92 Å². The molecule has 3 rings (SSSR count). The highest BCUT2D eigenvalue weighted by Gasteiger charge is 2.31. The summed E-state index contributed by atoms with van der Waals surface area (Å²) in [6.45, 7) is 10.4. The van der Waals surface area contributed by atoms with Gasteiger partial charge in [0.1, 0.15) is 0 Å². The molecule has 0 aliphatic carbocycles. The average molecular weight is 334 g/mol. The fourth-order valence-corrected chi connectivity index (χ4v) is 3.79. The number of aryl methyl sites for hydroxylation is 1. The third kappa shape index (κ3) is 3.81. The molecule has 24 heavy (non-hydrogen) atoms. The van der Waals surface area contributed by atoms with E-state index in [2.05, 4.69) is 21.8 Å². The normalized spacial score (nSPS) is 22.8. The predicted molar refractivity (Wildman–Crippen MR) is 93.2 cm³/mol. The Morgan fingerprint density at radius 2 is 2.08 bits per heavy atom. The monoisotopic (exact) mass is 334 g/mol. The molecular weight excluding hydrogens is 304 g/mol. The number of carbonyl (C=O) groups is 1. The molecule has 1 amide bonds. The SMILES string of the molecule is CCCn1ncc(C(=O)N2CCCCC2CN2CCOCC2)c1C. The van der Waals surface area contributed by atoms with Gasteiger partial charge in [0.25, 0.3) is 5.91 Å². The van der Waals surface area contributed by atoms with Crippen LogP contribution in [0.4, 0.5) is 0 Å². The van der Waals surface area contributed by atoms with E-state index < -0.39 is 0 Å². The van der Waals surface area contributed by atoms with Gasteiger partial charge in [-0.15, -0.1) is 0 Å². The minimum atomic E-state index is 0.160. The molecule has 0 aromatic carbocycles. The summed E-state index contributed by atoms with van der Waals surface area (Å²) in [6.07, 6.45) is 6.21. The first-order chi connectivity index (χ1) is 11.7. The van der Waals surface area contributed by atoms with E-state index in [4.69, 9.17) is 4.74 Å². The van der Waals surface area contributed by atoms with E-state index in [-0.39, 0.29) is 5.91 Å². The number of aromatic nitrogens is 2. The lowest BCUT2D eigenvalue weighted by atomic mass is 10.00. The Balaban J connectivity index is 1.71. The summed E-state index contributed by atoms with van der Waals surface area (Å²) in [6, 6.07) is 0.318. The number of amides is 1. The van der Waals surface area contributed by atoms with Crippen molar-refractivity contribution in [3.63, 3.8) is 0 Å². The number of likely N-dealkylation sites (tertiary alicyclic amines) is 1. The van der Waals surface area contributed by atoms with Crippen LogP contribution in [0.5, 0.6) is 0 Å². The van der Waals surface area contributed by atoms with Crippen LogP contribution < -0.4 is 0 Å². The Morgan fingerprint density at radius 3 is 2.83 bits per heavy atom. The molecule has 0 spiro atoms. The summed E-state index contributed by atoms with van der Waals surface area (Å²) < 4.78 is 7.39. The van der Waals surface area contributed by atoms with Crippen LogP contribution in [-0.4, -0.2) is 70.9 Å². The summed E-state index contributed by atoms with van der Waals surface area (Å²) in [5, 5.41) is 4.40. The molecule has 0 radical (unpaired) electrons. The van der Waals surface area contributed by atoms with Gasteiger partial charge in [-0.05, 0) is 32.6 Å². The van der Waals surface area contributed by atoms with Gasteiger partial charge in [-0.2, -0.15) is 5.10 Å². The van der Waals surface area contributed by atoms with E-state index in [9.17, 15) is 4.79 Å². The average Bonchev–Trinajstić information content (AvgIpc) is 2.97. The van der Waals surface area contributed by atoms with Crippen molar-refractivity contribution in [2.24, 2.45) is 0 Å². The third-order valence-corrected chi connectivity index (χ3v) is 5.23. The highest BCUT2D eigenvalue weighted by atomic mass is 16.5. The zero-order chi connectivity index (χ0) is 16.9. The second-order valence-corrected chi connectivity index (χ2v) is 6.93. The Morgan fingerprint density at radius 1 is 1.29 bits per heavy atom. The molecule has 0 bridgehead atoms. The summed E-state index contributed by atoms with van der Waals surface area (Å²) in [7, 11) is 0. The van der Waals surface area contributed by atoms with E-state index in [0.717, 1.165) is 76.5 Å². The van der Waals surface area contributed by atoms with Gasteiger partial charge in [-0.25, -0.2) is 0 Å². The molecule has 1 aromatic rings. The molecule has 2 fully saturated rings. The van der Waals surface area contributed by atoms with Gasteiger partial charge in [0, 0.05) is 44.5 Å². The van der Waals surface area contributed by atoms with Gasteiger partial charge in [0.05, 0.1) is 25.0 Å². The van der Waals surface area contributed by atoms with Crippen LogP contribution in [0.25, 0.3) is 0 Å². The van der Waals surface area contributed by atoms with Gasteiger partial charge in [0.2, 0.25) is 0 Å². The maximum Gasteiger partial charge on any atom is 0.257 e. The lowest BCUT2D eigenvalue weighted by Gasteiger charge is -2.39. The maximum atomic E-state index is 13.1. The Bertz CT molecular complexity index is 551. The fourth-order valence-electron chi connectivity index (χ4n) is 3.79. The lowest BCUT2D eigenvalue weighted by molar-refractivity contribution is 0.0166. The van der Waals surface area contributed by atoms with Crippen molar-refractivity contribution >= 4 is 5.91 Å². The topological polar surface area (TPSA) is 50.6 Å². The first-order valence-electron chi connectivity index (χ1n) is 9.34. The van der Waals surface area contributed by atoms with Gasteiger partial charge in [0.15, 0.2) is 0 Å². The summed E-state index contributed by atoms with van der Waals surface area (Å²) >= 11 is 0. The van der Waals surface area contributed by atoms with Gasteiger partial charge < -0.3 is 9.64 Å². The molecule has 2 aliphatic heterocycles. The molecule has 6 nitrogen and oxygen atoms in total. The van der Waals surface area contributed by atoms with Crippen molar-refractivity contribution in [2.75, 3.05) is 39.4 Å². The lowest BCUT2D eigenvalue weighted by Crippen LogP contribution is -2.51. The van der Waals surface area contributed by atoms with E-state index in [0.29, 0.717) is 6.04 Å². The summed E-state index contributed by atoms with van der Waals surface area (Å²) in [4.78, 5) is 17.7. The smallest absolute Gasteiger partial charge is 0.257 e. The fraction of sp³-hybridized carbons (Fsp3) is 0.778. The first-order valence-corrected chi connectivity index (χ1v) is 9.34. The van der Waals surface area contributed by atoms with Crippen LogP contribution in [-0.2, 0) is 11.3 Å². The van der Waals surface area contributed by atoms with E-state index in [1.807, 2.05) is 11.6 Å². The van der Waals surface area contributed by atoms with Crippen molar-refractivity contribution in [1.29, 1.82) is 0 Å². The molecule has 0 saturated carbocycles. The van der Waals surface area contributed by atoms with Crippen molar-refractivity contribution in [3.8, 4) is 0 Å². The third-order valence-electron chi connectivity index (χ3n) is 5.23. The number of ether oxygens (including phenoxy) is 1. The number of morpholine rings is 1.